The lowest BCUT2D eigenvalue weighted by atomic mass is 9.88. The summed E-state index contributed by atoms with van der Waals surface area (Å²) in [6.45, 7) is 5.45. The smallest absolute Gasteiger partial charge is 0.231 e. The van der Waals surface area contributed by atoms with Gasteiger partial charge in [0.1, 0.15) is 6.33 Å². The number of nitrogens with zero attached hydrogens (tertiary/aromatic N) is 5. The highest BCUT2D eigenvalue weighted by Gasteiger charge is 2.43. The summed E-state index contributed by atoms with van der Waals surface area (Å²) in [7, 11) is 0. The van der Waals surface area contributed by atoms with Crippen LogP contribution in [0.4, 0.5) is 5.69 Å². The number of likely N-dealkylation sites (tertiary alicyclic amines) is 1. The summed E-state index contributed by atoms with van der Waals surface area (Å²) in [4.78, 5) is 29.7. The van der Waals surface area contributed by atoms with Gasteiger partial charge in [-0.2, -0.15) is 0 Å². The molecule has 4 heterocycles. The summed E-state index contributed by atoms with van der Waals surface area (Å²) >= 11 is 1.68. The molecule has 0 N–H and O–H groups in total. The van der Waals surface area contributed by atoms with E-state index in [0.717, 1.165) is 49.0 Å². The van der Waals surface area contributed by atoms with Crippen LogP contribution in [0.2, 0.25) is 0 Å². The molecule has 1 amide bonds. The fourth-order valence-electron chi connectivity index (χ4n) is 3.66. The van der Waals surface area contributed by atoms with E-state index >= 15 is 0 Å². The van der Waals surface area contributed by atoms with Gasteiger partial charge in [0.15, 0.2) is 0 Å². The average Bonchev–Trinajstić information content (AvgIpc) is 3.15. The molecule has 2 aromatic heterocycles. The zero-order valence-electron chi connectivity index (χ0n) is 13.1. The molecule has 23 heavy (non-hydrogen) atoms. The van der Waals surface area contributed by atoms with E-state index in [9.17, 15) is 4.79 Å². The Labute approximate surface area is 139 Å². The minimum atomic E-state index is 0.0867. The Morgan fingerprint density at radius 2 is 2.13 bits per heavy atom. The lowest BCUT2D eigenvalue weighted by Crippen LogP contribution is -2.45. The summed E-state index contributed by atoms with van der Waals surface area (Å²) in [6.07, 6.45) is 5.97. The molecule has 2 saturated heterocycles. The minimum Gasteiger partial charge on any atom is -0.309 e. The van der Waals surface area contributed by atoms with Crippen molar-refractivity contribution in [2.24, 2.45) is 11.8 Å². The van der Waals surface area contributed by atoms with E-state index in [1.165, 1.54) is 6.33 Å². The van der Waals surface area contributed by atoms with Crippen LogP contribution in [0.5, 0.6) is 0 Å². The van der Waals surface area contributed by atoms with Crippen molar-refractivity contribution in [3.63, 3.8) is 0 Å². The first-order valence-corrected chi connectivity index (χ1v) is 8.78. The number of aryl methyl sites for hydroxylation is 1. The first-order valence-electron chi connectivity index (χ1n) is 7.90. The van der Waals surface area contributed by atoms with Crippen LogP contribution in [0, 0.1) is 18.8 Å². The molecular weight excluding hydrogens is 310 g/mol. The number of carbonyl (C=O) groups is 1. The third-order valence-corrected chi connectivity index (χ3v) is 5.56. The van der Waals surface area contributed by atoms with Crippen LogP contribution in [-0.4, -0.2) is 45.4 Å². The summed E-state index contributed by atoms with van der Waals surface area (Å²) in [6, 6.07) is 0. The fourth-order valence-corrected chi connectivity index (χ4v) is 4.27. The number of thiazole rings is 1. The lowest BCUT2D eigenvalue weighted by molar-refractivity contribution is -0.124. The summed E-state index contributed by atoms with van der Waals surface area (Å²) in [5.41, 5.74) is 1.93. The van der Waals surface area contributed by atoms with Gasteiger partial charge in [-0.1, -0.05) is 0 Å². The van der Waals surface area contributed by atoms with Gasteiger partial charge >= 0.3 is 0 Å². The second-order valence-electron chi connectivity index (χ2n) is 6.29. The molecule has 2 aromatic rings. The molecule has 4 rings (SSSR count). The first-order chi connectivity index (χ1) is 11.2. The minimum absolute atomic E-state index is 0.0867. The van der Waals surface area contributed by atoms with Crippen molar-refractivity contribution >= 4 is 22.9 Å². The zero-order valence-corrected chi connectivity index (χ0v) is 13.9. The third-order valence-electron chi connectivity index (χ3n) is 4.73. The first kappa shape index (κ1) is 14.7. The third kappa shape index (κ3) is 2.86. The number of aromatic nitrogens is 3. The summed E-state index contributed by atoms with van der Waals surface area (Å²) in [5.74, 6) is 0.764. The van der Waals surface area contributed by atoms with Crippen LogP contribution in [-0.2, 0) is 11.3 Å². The molecular formula is C16H19N5OS. The van der Waals surface area contributed by atoms with Gasteiger partial charge in [-0.25, -0.2) is 15.0 Å². The standard InChI is InChI=1S/C16H19N5OS/c1-11-19-13(9-23-11)7-20-6-12-2-3-21(16(22)15(12)8-20)14-4-17-10-18-5-14/h4-5,9-10,12,15H,2-3,6-8H2,1H3/t12-,15-/m0/s1. The number of hydrogen-bond acceptors (Lipinski definition) is 6. The Kier molecular flexibility index (Phi) is 3.82. The van der Waals surface area contributed by atoms with Crippen molar-refractivity contribution in [1.29, 1.82) is 0 Å². The summed E-state index contributed by atoms with van der Waals surface area (Å²) < 4.78 is 0. The Bertz CT molecular complexity index is 704. The van der Waals surface area contributed by atoms with Crippen LogP contribution >= 0.6 is 11.3 Å². The van der Waals surface area contributed by atoms with Gasteiger partial charge in [-0.3, -0.25) is 9.69 Å². The molecule has 7 heteroatoms. The maximum Gasteiger partial charge on any atom is 0.231 e. The zero-order chi connectivity index (χ0) is 15.8. The Balaban J connectivity index is 1.46. The molecule has 2 aliphatic heterocycles. The monoisotopic (exact) mass is 329 g/mol. The van der Waals surface area contributed by atoms with Gasteiger partial charge < -0.3 is 4.90 Å². The van der Waals surface area contributed by atoms with E-state index in [-0.39, 0.29) is 11.8 Å². The maximum atomic E-state index is 12.8. The number of hydrogen-bond donors (Lipinski definition) is 0. The predicted molar refractivity (Wildman–Crippen MR) is 88.1 cm³/mol. The van der Waals surface area contributed by atoms with E-state index in [2.05, 4.69) is 25.2 Å². The number of fused-ring (bicyclic) bond motifs is 1. The van der Waals surface area contributed by atoms with Crippen LogP contribution in [0.25, 0.3) is 0 Å². The van der Waals surface area contributed by atoms with E-state index in [4.69, 9.17) is 0 Å². The second kappa shape index (κ2) is 5.98. The van der Waals surface area contributed by atoms with Gasteiger partial charge in [0, 0.05) is 31.6 Å². The number of amides is 1. The molecule has 2 atom stereocenters. The molecule has 0 aromatic carbocycles. The molecule has 0 aliphatic carbocycles. The number of rotatable bonds is 3. The average molecular weight is 329 g/mol. The molecule has 2 aliphatic rings. The van der Waals surface area contributed by atoms with Gasteiger partial charge in [-0.05, 0) is 19.3 Å². The molecule has 0 saturated carbocycles. The van der Waals surface area contributed by atoms with Gasteiger partial charge in [0.2, 0.25) is 5.91 Å². The highest BCUT2D eigenvalue weighted by Crippen LogP contribution is 2.34. The summed E-state index contributed by atoms with van der Waals surface area (Å²) in [5, 5.41) is 3.22. The molecule has 2 fully saturated rings. The second-order valence-corrected chi connectivity index (χ2v) is 7.36. The molecule has 0 spiro atoms. The van der Waals surface area contributed by atoms with Crippen molar-refractivity contribution in [2.75, 3.05) is 24.5 Å². The van der Waals surface area contributed by atoms with Crippen molar-refractivity contribution in [1.82, 2.24) is 19.9 Å². The van der Waals surface area contributed by atoms with Crippen LogP contribution < -0.4 is 4.90 Å². The number of piperidine rings is 1. The molecule has 0 bridgehead atoms. The van der Waals surface area contributed by atoms with E-state index < -0.39 is 0 Å². The van der Waals surface area contributed by atoms with Crippen molar-refractivity contribution in [2.45, 2.75) is 19.9 Å². The largest absolute Gasteiger partial charge is 0.309 e. The van der Waals surface area contributed by atoms with Crippen molar-refractivity contribution < 1.29 is 4.79 Å². The van der Waals surface area contributed by atoms with Crippen LogP contribution in [0.3, 0.4) is 0 Å². The quantitative estimate of drug-likeness (QED) is 0.858. The predicted octanol–water partition coefficient (Wildman–Crippen LogP) is 1.73. The van der Waals surface area contributed by atoms with Gasteiger partial charge in [0.05, 0.1) is 34.7 Å². The Hall–Kier alpha value is -1.86. The Morgan fingerprint density at radius 1 is 1.30 bits per heavy atom. The molecule has 120 valence electrons. The topological polar surface area (TPSA) is 62.2 Å². The fraction of sp³-hybridized carbons (Fsp3) is 0.500. The van der Waals surface area contributed by atoms with Crippen LogP contribution in [0.15, 0.2) is 24.1 Å². The molecule has 0 radical (unpaired) electrons. The van der Waals surface area contributed by atoms with E-state index in [1.807, 2.05) is 11.8 Å². The normalized spacial score (nSPS) is 24.9. The lowest BCUT2D eigenvalue weighted by Gasteiger charge is -2.33. The SMILES string of the molecule is Cc1nc(CN2C[C@@H]3CCN(c4cncnc4)C(=O)[C@H]3C2)cs1. The van der Waals surface area contributed by atoms with E-state index in [1.54, 1.807) is 23.7 Å². The van der Waals surface area contributed by atoms with Gasteiger partial charge in [-0.15, -0.1) is 11.3 Å². The maximum absolute atomic E-state index is 12.8. The number of anilines is 1. The Morgan fingerprint density at radius 3 is 2.87 bits per heavy atom. The van der Waals surface area contributed by atoms with E-state index in [0.29, 0.717) is 5.92 Å². The van der Waals surface area contributed by atoms with Crippen molar-refractivity contribution in [3.8, 4) is 0 Å². The highest BCUT2D eigenvalue weighted by molar-refractivity contribution is 7.09. The van der Waals surface area contributed by atoms with Crippen molar-refractivity contribution in [3.05, 3.63) is 34.8 Å². The van der Waals surface area contributed by atoms with Crippen LogP contribution in [0.1, 0.15) is 17.1 Å². The van der Waals surface area contributed by atoms with Gasteiger partial charge in [0.25, 0.3) is 0 Å². The molecule has 0 unspecified atom stereocenters. The molecule has 6 nitrogen and oxygen atoms in total. The number of carbonyl (C=O) groups excluding carboxylic acids is 1. The highest BCUT2D eigenvalue weighted by atomic mass is 32.1.